The van der Waals surface area contributed by atoms with Crippen molar-refractivity contribution in [1.29, 1.82) is 0 Å². The Kier molecular flexibility index (Phi) is 8.84. The van der Waals surface area contributed by atoms with Crippen LogP contribution in [0.4, 0.5) is 4.39 Å². The van der Waals surface area contributed by atoms with E-state index in [-0.39, 0.29) is 50.4 Å². The van der Waals surface area contributed by atoms with Gasteiger partial charge in [-0.25, -0.2) is 4.39 Å². The SMILES string of the molecule is COCCN(CC(=O)N(Cc1ccc(F)cc1)Cc1ccco1)C(=O)c1ccc(-c2ccccc2)cc1. The van der Waals surface area contributed by atoms with Gasteiger partial charge in [0.2, 0.25) is 5.91 Å². The van der Waals surface area contributed by atoms with Gasteiger partial charge in [0.15, 0.2) is 0 Å². The van der Waals surface area contributed by atoms with E-state index in [9.17, 15) is 14.0 Å². The van der Waals surface area contributed by atoms with Crippen LogP contribution in [0.1, 0.15) is 21.7 Å². The predicted octanol–water partition coefficient (Wildman–Crippen LogP) is 5.40. The van der Waals surface area contributed by atoms with Crippen LogP contribution < -0.4 is 0 Å². The Morgan fingerprint density at radius 1 is 0.811 bits per heavy atom. The van der Waals surface area contributed by atoms with Crippen molar-refractivity contribution < 1.29 is 23.1 Å². The van der Waals surface area contributed by atoms with Crippen LogP contribution in [0.5, 0.6) is 0 Å². The molecule has 0 aliphatic heterocycles. The van der Waals surface area contributed by atoms with Gasteiger partial charge < -0.3 is 19.0 Å². The van der Waals surface area contributed by atoms with Crippen molar-refractivity contribution in [2.24, 2.45) is 0 Å². The summed E-state index contributed by atoms with van der Waals surface area (Å²) in [7, 11) is 1.55. The zero-order valence-electron chi connectivity index (χ0n) is 20.7. The molecule has 1 aromatic heterocycles. The molecule has 0 saturated heterocycles. The van der Waals surface area contributed by atoms with E-state index in [1.54, 1.807) is 54.7 Å². The molecule has 0 aliphatic rings. The molecule has 4 aromatic rings. The van der Waals surface area contributed by atoms with Crippen LogP contribution in [-0.4, -0.2) is 48.4 Å². The minimum absolute atomic E-state index is 0.134. The van der Waals surface area contributed by atoms with Gasteiger partial charge in [0, 0.05) is 25.8 Å². The quantitative estimate of drug-likeness (QED) is 0.277. The summed E-state index contributed by atoms with van der Waals surface area (Å²) in [6, 6.07) is 26.8. The van der Waals surface area contributed by atoms with Crippen molar-refractivity contribution in [3.8, 4) is 11.1 Å². The van der Waals surface area contributed by atoms with E-state index in [2.05, 4.69) is 0 Å². The fourth-order valence-corrected chi connectivity index (χ4v) is 3.97. The summed E-state index contributed by atoms with van der Waals surface area (Å²) in [5.74, 6) is -0.250. The molecule has 37 heavy (non-hydrogen) atoms. The largest absolute Gasteiger partial charge is 0.467 e. The Morgan fingerprint density at radius 2 is 1.51 bits per heavy atom. The fraction of sp³-hybridized carbons (Fsp3) is 0.200. The van der Waals surface area contributed by atoms with Gasteiger partial charge >= 0.3 is 0 Å². The summed E-state index contributed by atoms with van der Waals surface area (Å²) in [5, 5.41) is 0. The number of halogens is 1. The van der Waals surface area contributed by atoms with E-state index in [4.69, 9.17) is 9.15 Å². The normalized spacial score (nSPS) is 10.8. The van der Waals surface area contributed by atoms with Crippen molar-refractivity contribution in [3.05, 3.63) is 120 Å². The molecular formula is C30H29FN2O4. The van der Waals surface area contributed by atoms with Crippen LogP contribution in [0.25, 0.3) is 11.1 Å². The summed E-state index contributed by atoms with van der Waals surface area (Å²) in [4.78, 5) is 30.0. The molecule has 0 atom stereocenters. The number of furan rings is 1. The highest BCUT2D eigenvalue weighted by Crippen LogP contribution is 2.20. The monoisotopic (exact) mass is 500 g/mol. The van der Waals surface area contributed by atoms with Crippen LogP contribution in [0.3, 0.4) is 0 Å². The van der Waals surface area contributed by atoms with Gasteiger partial charge in [0.1, 0.15) is 18.1 Å². The number of hydrogen-bond donors (Lipinski definition) is 0. The van der Waals surface area contributed by atoms with Gasteiger partial charge in [-0.3, -0.25) is 9.59 Å². The summed E-state index contributed by atoms with van der Waals surface area (Å²) in [6.45, 7) is 0.883. The molecule has 0 bridgehead atoms. The van der Waals surface area contributed by atoms with Gasteiger partial charge in [0.05, 0.1) is 19.4 Å². The third kappa shape index (κ3) is 7.15. The summed E-state index contributed by atoms with van der Waals surface area (Å²) < 4.78 is 24.0. The van der Waals surface area contributed by atoms with Gasteiger partial charge in [0.25, 0.3) is 5.91 Å². The molecule has 0 spiro atoms. The standard InChI is InChI=1S/C30H29FN2O4/c1-36-19-17-32(30(35)26-13-11-25(12-14-26)24-6-3-2-4-7-24)22-29(34)33(21-28-8-5-18-37-28)20-23-9-15-27(31)16-10-23/h2-16,18H,17,19-22H2,1H3. The lowest BCUT2D eigenvalue weighted by molar-refractivity contribution is -0.133. The van der Waals surface area contributed by atoms with Crippen LogP contribution >= 0.6 is 0 Å². The molecule has 3 aromatic carbocycles. The van der Waals surface area contributed by atoms with Gasteiger partial charge in [-0.2, -0.15) is 0 Å². The van der Waals surface area contributed by atoms with E-state index in [0.29, 0.717) is 11.3 Å². The first-order chi connectivity index (χ1) is 18.0. The highest BCUT2D eigenvalue weighted by atomic mass is 19.1. The maximum atomic E-state index is 13.5. The van der Waals surface area contributed by atoms with Crippen LogP contribution in [-0.2, 0) is 22.6 Å². The van der Waals surface area contributed by atoms with E-state index in [1.165, 1.54) is 17.0 Å². The number of nitrogens with zero attached hydrogens (tertiary/aromatic N) is 2. The Morgan fingerprint density at radius 3 is 2.16 bits per heavy atom. The smallest absolute Gasteiger partial charge is 0.254 e. The highest BCUT2D eigenvalue weighted by Gasteiger charge is 2.23. The first-order valence-corrected chi connectivity index (χ1v) is 12.0. The Labute approximate surface area is 215 Å². The van der Waals surface area contributed by atoms with Crippen molar-refractivity contribution >= 4 is 11.8 Å². The van der Waals surface area contributed by atoms with Gasteiger partial charge in [-0.15, -0.1) is 0 Å². The molecule has 7 heteroatoms. The summed E-state index contributed by atoms with van der Waals surface area (Å²) in [5.41, 5.74) is 3.31. The van der Waals surface area contributed by atoms with Gasteiger partial charge in [-0.1, -0.05) is 54.6 Å². The predicted molar refractivity (Wildman–Crippen MR) is 139 cm³/mol. The van der Waals surface area contributed by atoms with E-state index in [0.717, 1.165) is 16.7 Å². The second-order valence-corrected chi connectivity index (χ2v) is 8.62. The van der Waals surface area contributed by atoms with Crippen LogP contribution in [0.15, 0.2) is 102 Å². The molecule has 1 heterocycles. The average Bonchev–Trinajstić information content (AvgIpc) is 3.45. The molecule has 0 aliphatic carbocycles. The van der Waals surface area contributed by atoms with Crippen molar-refractivity contribution in [2.75, 3.05) is 26.8 Å². The number of ether oxygens (including phenoxy) is 1. The molecule has 0 unspecified atom stereocenters. The highest BCUT2D eigenvalue weighted by molar-refractivity contribution is 5.97. The molecule has 6 nitrogen and oxygen atoms in total. The number of hydrogen-bond acceptors (Lipinski definition) is 4. The lowest BCUT2D eigenvalue weighted by Gasteiger charge is -2.27. The first-order valence-electron chi connectivity index (χ1n) is 12.0. The first kappa shape index (κ1) is 25.9. The Hall–Kier alpha value is -4.23. The second kappa shape index (κ2) is 12.6. The van der Waals surface area contributed by atoms with Gasteiger partial charge in [-0.05, 0) is 53.1 Å². The molecule has 4 rings (SSSR count). The maximum Gasteiger partial charge on any atom is 0.254 e. The van der Waals surface area contributed by atoms with Crippen LogP contribution in [0, 0.1) is 5.82 Å². The third-order valence-corrected chi connectivity index (χ3v) is 5.98. The van der Waals surface area contributed by atoms with E-state index in [1.807, 2.05) is 42.5 Å². The fourth-order valence-electron chi connectivity index (χ4n) is 3.97. The summed E-state index contributed by atoms with van der Waals surface area (Å²) >= 11 is 0. The molecular weight excluding hydrogens is 471 g/mol. The van der Waals surface area contributed by atoms with E-state index >= 15 is 0 Å². The maximum absolute atomic E-state index is 13.5. The van der Waals surface area contributed by atoms with E-state index < -0.39 is 0 Å². The minimum Gasteiger partial charge on any atom is -0.467 e. The molecule has 190 valence electrons. The zero-order chi connectivity index (χ0) is 26.0. The van der Waals surface area contributed by atoms with Crippen molar-refractivity contribution in [3.63, 3.8) is 0 Å². The molecule has 0 saturated carbocycles. The number of benzene rings is 3. The zero-order valence-corrected chi connectivity index (χ0v) is 20.7. The molecule has 0 N–H and O–H groups in total. The number of rotatable bonds is 11. The molecule has 0 radical (unpaired) electrons. The number of amides is 2. The number of carbonyl (C=O) groups is 2. The number of methoxy groups -OCH3 is 1. The topological polar surface area (TPSA) is 63.0 Å². The van der Waals surface area contributed by atoms with Crippen molar-refractivity contribution in [1.82, 2.24) is 9.80 Å². The molecule has 2 amide bonds. The lowest BCUT2D eigenvalue weighted by atomic mass is 10.0. The Balaban J connectivity index is 1.51. The number of carbonyl (C=O) groups excluding carboxylic acids is 2. The lowest BCUT2D eigenvalue weighted by Crippen LogP contribution is -2.43. The Bertz CT molecular complexity index is 1270. The van der Waals surface area contributed by atoms with Crippen LogP contribution in [0.2, 0.25) is 0 Å². The average molecular weight is 501 g/mol. The summed E-state index contributed by atoms with van der Waals surface area (Å²) in [6.07, 6.45) is 1.55. The second-order valence-electron chi connectivity index (χ2n) is 8.62. The minimum atomic E-state index is -0.345. The third-order valence-electron chi connectivity index (χ3n) is 5.98. The van der Waals surface area contributed by atoms with Crippen molar-refractivity contribution in [2.45, 2.75) is 13.1 Å². The molecule has 0 fully saturated rings.